The summed E-state index contributed by atoms with van der Waals surface area (Å²) in [6.45, 7) is 0. The quantitative estimate of drug-likeness (QED) is 0.417. The van der Waals surface area contributed by atoms with Gasteiger partial charge in [-0.2, -0.15) is 26.3 Å². The first-order valence-electron chi connectivity index (χ1n) is 8.45. The van der Waals surface area contributed by atoms with Gasteiger partial charge in [0.1, 0.15) is 5.75 Å². The first-order chi connectivity index (χ1) is 14.8. The van der Waals surface area contributed by atoms with Gasteiger partial charge in [-0.25, -0.2) is 8.42 Å². The summed E-state index contributed by atoms with van der Waals surface area (Å²) in [5.74, 6) is -0.315. The van der Waals surface area contributed by atoms with Crippen LogP contribution in [-0.4, -0.2) is 13.4 Å². The number of hydrogen-bond donors (Lipinski definition) is 1. The number of aromatic nitrogens is 1. The van der Waals surface area contributed by atoms with E-state index in [4.69, 9.17) is 16.3 Å². The number of benzene rings is 2. The Kier molecular flexibility index (Phi) is 6.29. The number of sulfonamides is 1. The van der Waals surface area contributed by atoms with E-state index < -0.39 is 44.1 Å². The first kappa shape index (κ1) is 23.7. The summed E-state index contributed by atoms with van der Waals surface area (Å²) in [4.78, 5) is 3.15. The number of rotatable bonds is 5. The van der Waals surface area contributed by atoms with Crippen LogP contribution in [0.1, 0.15) is 11.1 Å². The van der Waals surface area contributed by atoms with Gasteiger partial charge in [0.25, 0.3) is 10.0 Å². The van der Waals surface area contributed by atoms with Crippen LogP contribution in [0.25, 0.3) is 0 Å². The number of ether oxygens (including phenoxy) is 1. The summed E-state index contributed by atoms with van der Waals surface area (Å²) in [7, 11) is -4.57. The van der Waals surface area contributed by atoms with Gasteiger partial charge in [-0.05, 0) is 42.5 Å². The topological polar surface area (TPSA) is 68.3 Å². The third kappa shape index (κ3) is 5.62. The van der Waals surface area contributed by atoms with Crippen LogP contribution in [-0.2, 0) is 22.4 Å². The lowest BCUT2D eigenvalue weighted by molar-refractivity contribution is -0.138. The summed E-state index contributed by atoms with van der Waals surface area (Å²) in [5, 5.41) is 0.154. The van der Waals surface area contributed by atoms with E-state index in [0.717, 1.165) is 6.07 Å². The summed E-state index contributed by atoms with van der Waals surface area (Å²) in [5.41, 5.74) is -2.87. The van der Waals surface area contributed by atoms with Gasteiger partial charge in [0, 0.05) is 12.3 Å². The van der Waals surface area contributed by atoms with Gasteiger partial charge in [0.15, 0.2) is 5.75 Å². The zero-order chi connectivity index (χ0) is 23.7. The predicted octanol–water partition coefficient (Wildman–Crippen LogP) is 6.37. The van der Waals surface area contributed by atoms with E-state index in [9.17, 15) is 34.8 Å². The van der Waals surface area contributed by atoms with Crippen LogP contribution in [0.4, 0.5) is 32.0 Å². The first-order valence-corrected chi connectivity index (χ1v) is 10.3. The molecule has 0 fully saturated rings. The van der Waals surface area contributed by atoms with Crippen LogP contribution in [0.5, 0.6) is 11.5 Å². The molecule has 2 aromatic carbocycles. The van der Waals surface area contributed by atoms with Gasteiger partial charge in [-0.3, -0.25) is 9.71 Å². The highest BCUT2D eigenvalue weighted by Gasteiger charge is 2.33. The molecule has 0 atom stereocenters. The van der Waals surface area contributed by atoms with E-state index >= 15 is 0 Å². The monoisotopic (exact) mass is 496 g/mol. The molecule has 32 heavy (non-hydrogen) atoms. The average Bonchev–Trinajstić information content (AvgIpc) is 2.68. The fraction of sp³-hybridized carbons (Fsp3) is 0.105. The minimum Gasteiger partial charge on any atom is -0.453 e. The fourth-order valence-corrected chi connectivity index (χ4v) is 3.70. The standard InChI is InChI=1S/C19H11ClF6N2O3S/c20-13-8-14(10-27-9-13)31-17-6-3-12(19(24,25)26)7-16(17)28-32(29,30)15-4-1-11(2-5-15)18(21,22)23/h1-10,28H. The highest BCUT2D eigenvalue weighted by atomic mass is 35.5. The number of alkyl halides is 6. The molecule has 3 aromatic rings. The van der Waals surface area contributed by atoms with Crippen molar-refractivity contribution in [2.24, 2.45) is 0 Å². The second-order valence-electron chi connectivity index (χ2n) is 6.28. The van der Waals surface area contributed by atoms with Gasteiger partial charge >= 0.3 is 12.4 Å². The Morgan fingerprint density at radius 3 is 2.00 bits per heavy atom. The van der Waals surface area contributed by atoms with Gasteiger partial charge in [-0.1, -0.05) is 11.6 Å². The highest BCUT2D eigenvalue weighted by molar-refractivity contribution is 7.92. The van der Waals surface area contributed by atoms with Crippen molar-refractivity contribution < 1.29 is 39.5 Å². The van der Waals surface area contributed by atoms with E-state index in [0.29, 0.717) is 36.4 Å². The Bertz CT molecular complexity index is 1230. The molecule has 0 aliphatic heterocycles. The van der Waals surface area contributed by atoms with E-state index in [2.05, 4.69) is 4.98 Å². The molecular weight excluding hydrogens is 486 g/mol. The number of anilines is 1. The summed E-state index contributed by atoms with van der Waals surface area (Å²) in [6, 6.07) is 5.78. The number of hydrogen-bond acceptors (Lipinski definition) is 4. The van der Waals surface area contributed by atoms with Crippen LogP contribution in [0.2, 0.25) is 5.02 Å². The highest BCUT2D eigenvalue weighted by Crippen LogP contribution is 2.38. The second kappa shape index (κ2) is 8.51. The molecule has 0 aliphatic rings. The summed E-state index contributed by atoms with van der Waals surface area (Å²) in [6.07, 6.45) is -7.03. The molecule has 0 saturated carbocycles. The molecule has 0 saturated heterocycles. The lowest BCUT2D eigenvalue weighted by Gasteiger charge is -2.16. The molecule has 170 valence electrons. The van der Waals surface area contributed by atoms with Crippen LogP contribution in [0.15, 0.2) is 65.8 Å². The summed E-state index contributed by atoms with van der Waals surface area (Å²) >= 11 is 5.78. The number of pyridine rings is 1. The molecule has 1 heterocycles. The normalized spacial score (nSPS) is 12.5. The van der Waals surface area contributed by atoms with Crippen molar-refractivity contribution in [2.75, 3.05) is 4.72 Å². The van der Waals surface area contributed by atoms with Crippen molar-refractivity contribution in [3.63, 3.8) is 0 Å². The molecule has 0 bridgehead atoms. The van der Waals surface area contributed by atoms with Crippen LogP contribution >= 0.6 is 11.6 Å². The summed E-state index contributed by atoms with van der Waals surface area (Å²) < 4.78 is 110. The second-order valence-corrected chi connectivity index (χ2v) is 8.40. The molecule has 0 radical (unpaired) electrons. The van der Waals surface area contributed by atoms with Crippen molar-refractivity contribution in [1.29, 1.82) is 0 Å². The minimum absolute atomic E-state index is 0.00670. The average molecular weight is 497 g/mol. The van der Waals surface area contributed by atoms with Crippen LogP contribution in [0.3, 0.4) is 0 Å². The molecule has 0 amide bonds. The Balaban J connectivity index is 2.00. The Morgan fingerprint density at radius 2 is 1.44 bits per heavy atom. The Morgan fingerprint density at radius 1 is 0.844 bits per heavy atom. The maximum absolute atomic E-state index is 13.1. The van der Waals surface area contributed by atoms with Gasteiger partial charge in [0.05, 0.1) is 32.9 Å². The molecule has 0 spiro atoms. The Labute approximate surface area is 182 Å². The van der Waals surface area contributed by atoms with E-state index in [-0.39, 0.29) is 16.5 Å². The van der Waals surface area contributed by atoms with Crippen molar-refractivity contribution in [2.45, 2.75) is 17.2 Å². The molecule has 3 rings (SSSR count). The van der Waals surface area contributed by atoms with Gasteiger partial charge in [-0.15, -0.1) is 0 Å². The third-order valence-corrected chi connectivity index (χ3v) is 5.54. The van der Waals surface area contributed by atoms with E-state index in [1.807, 2.05) is 4.72 Å². The molecule has 13 heteroatoms. The third-order valence-electron chi connectivity index (χ3n) is 3.95. The van der Waals surface area contributed by atoms with Crippen molar-refractivity contribution in [3.8, 4) is 11.5 Å². The molecule has 0 aliphatic carbocycles. The lowest BCUT2D eigenvalue weighted by Crippen LogP contribution is -2.15. The maximum Gasteiger partial charge on any atom is 0.416 e. The largest absolute Gasteiger partial charge is 0.453 e. The van der Waals surface area contributed by atoms with Crippen molar-refractivity contribution in [1.82, 2.24) is 4.98 Å². The van der Waals surface area contributed by atoms with Crippen molar-refractivity contribution >= 4 is 27.3 Å². The van der Waals surface area contributed by atoms with Gasteiger partial charge < -0.3 is 4.74 Å². The zero-order valence-corrected chi connectivity index (χ0v) is 17.1. The molecule has 0 unspecified atom stereocenters. The van der Waals surface area contributed by atoms with E-state index in [1.54, 1.807) is 0 Å². The van der Waals surface area contributed by atoms with Crippen LogP contribution in [0, 0.1) is 0 Å². The van der Waals surface area contributed by atoms with Gasteiger partial charge in [0.2, 0.25) is 0 Å². The Hall–Kier alpha value is -2.99. The van der Waals surface area contributed by atoms with Crippen molar-refractivity contribution in [3.05, 3.63) is 77.1 Å². The molecular formula is C19H11ClF6N2O3S. The zero-order valence-electron chi connectivity index (χ0n) is 15.5. The maximum atomic E-state index is 13.1. The van der Waals surface area contributed by atoms with Crippen LogP contribution < -0.4 is 9.46 Å². The lowest BCUT2D eigenvalue weighted by atomic mass is 10.2. The predicted molar refractivity (Wildman–Crippen MR) is 103 cm³/mol. The van der Waals surface area contributed by atoms with E-state index in [1.165, 1.54) is 18.5 Å². The molecule has 1 aromatic heterocycles. The number of nitrogens with one attached hydrogen (secondary N) is 1. The fourth-order valence-electron chi connectivity index (χ4n) is 2.48. The number of halogens is 7. The minimum atomic E-state index is -4.80. The SMILES string of the molecule is O=S(=O)(Nc1cc(C(F)(F)F)ccc1Oc1cncc(Cl)c1)c1ccc(C(F)(F)F)cc1. The number of nitrogens with zero attached hydrogens (tertiary/aromatic N) is 1. The smallest absolute Gasteiger partial charge is 0.416 e. The molecule has 1 N–H and O–H groups in total. The molecule has 5 nitrogen and oxygen atoms in total.